The number of thioether (sulfide) groups is 1. The molecule has 0 fully saturated rings. The van der Waals surface area contributed by atoms with Crippen molar-refractivity contribution < 1.29 is 14.3 Å². The fourth-order valence-electron chi connectivity index (χ4n) is 0.869. The first kappa shape index (κ1) is 13.3. The van der Waals surface area contributed by atoms with Gasteiger partial charge in [0, 0.05) is 19.2 Å². The van der Waals surface area contributed by atoms with Gasteiger partial charge in [-0.05, 0) is 13.2 Å². The summed E-state index contributed by atoms with van der Waals surface area (Å²) in [6.45, 7) is 2.14. The Morgan fingerprint density at radius 3 is 2.57 bits per heavy atom. The maximum Gasteiger partial charge on any atom is 0.325 e. The van der Waals surface area contributed by atoms with Crippen LogP contribution in [0.4, 0.5) is 0 Å². The van der Waals surface area contributed by atoms with Gasteiger partial charge < -0.3 is 9.64 Å². The summed E-state index contributed by atoms with van der Waals surface area (Å²) in [6, 6.07) is 0. The van der Waals surface area contributed by atoms with Crippen molar-refractivity contribution in [3.05, 3.63) is 0 Å². The van der Waals surface area contributed by atoms with E-state index in [9.17, 15) is 9.59 Å². The van der Waals surface area contributed by atoms with Crippen LogP contribution in [-0.2, 0) is 14.3 Å². The van der Waals surface area contributed by atoms with E-state index < -0.39 is 0 Å². The highest BCUT2D eigenvalue weighted by atomic mass is 32.2. The largest absolute Gasteiger partial charge is 0.465 e. The van der Waals surface area contributed by atoms with E-state index >= 15 is 0 Å². The molecular weight excluding hydrogens is 202 g/mol. The molecule has 4 nitrogen and oxygen atoms in total. The Morgan fingerprint density at radius 2 is 2.07 bits per heavy atom. The molecule has 0 atom stereocenters. The first-order valence-corrected chi connectivity index (χ1v) is 5.89. The van der Waals surface area contributed by atoms with E-state index in [-0.39, 0.29) is 18.4 Å². The van der Waals surface area contributed by atoms with Crippen LogP contribution in [0.1, 0.15) is 13.3 Å². The molecule has 0 saturated carbocycles. The average molecular weight is 219 g/mol. The van der Waals surface area contributed by atoms with Crippen molar-refractivity contribution in [1.82, 2.24) is 4.90 Å². The van der Waals surface area contributed by atoms with Gasteiger partial charge in [-0.3, -0.25) is 9.59 Å². The number of amides is 1. The van der Waals surface area contributed by atoms with Crippen molar-refractivity contribution in [3.8, 4) is 0 Å². The van der Waals surface area contributed by atoms with Crippen LogP contribution < -0.4 is 0 Å². The second-order valence-electron chi connectivity index (χ2n) is 2.80. The van der Waals surface area contributed by atoms with Crippen molar-refractivity contribution in [3.63, 3.8) is 0 Å². The lowest BCUT2D eigenvalue weighted by atomic mass is 10.4. The second kappa shape index (κ2) is 7.67. The molecule has 0 saturated heterocycles. The summed E-state index contributed by atoms with van der Waals surface area (Å²) < 4.78 is 4.73. The Balaban J connectivity index is 3.76. The van der Waals surface area contributed by atoms with Crippen LogP contribution in [0.5, 0.6) is 0 Å². The van der Waals surface area contributed by atoms with Crippen LogP contribution in [0.2, 0.25) is 0 Å². The zero-order valence-corrected chi connectivity index (χ0v) is 9.73. The highest BCUT2D eigenvalue weighted by Crippen LogP contribution is 1.99. The topological polar surface area (TPSA) is 46.6 Å². The Labute approximate surface area is 89.0 Å². The quantitative estimate of drug-likeness (QED) is 0.619. The molecule has 1 amide bonds. The molecule has 0 aliphatic rings. The zero-order chi connectivity index (χ0) is 11.0. The van der Waals surface area contributed by atoms with Crippen molar-refractivity contribution >= 4 is 23.6 Å². The van der Waals surface area contributed by atoms with Crippen LogP contribution in [0.15, 0.2) is 0 Å². The Kier molecular flexibility index (Phi) is 7.28. The molecule has 0 aliphatic carbocycles. The molecule has 0 aliphatic heterocycles. The first-order chi connectivity index (χ1) is 6.61. The van der Waals surface area contributed by atoms with E-state index in [1.807, 2.05) is 6.26 Å². The van der Waals surface area contributed by atoms with Gasteiger partial charge in [0.1, 0.15) is 6.54 Å². The van der Waals surface area contributed by atoms with Gasteiger partial charge in [-0.25, -0.2) is 0 Å². The lowest BCUT2D eigenvalue weighted by Crippen LogP contribution is -2.33. The molecule has 0 radical (unpaired) electrons. The smallest absolute Gasteiger partial charge is 0.325 e. The molecule has 0 spiro atoms. The van der Waals surface area contributed by atoms with Gasteiger partial charge in [0.2, 0.25) is 5.91 Å². The highest BCUT2D eigenvalue weighted by molar-refractivity contribution is 7.98. The number of hydrogen-bond acceptors (Lipinski definition) is 4. The zero-order valence-electron chi connectivity index (χ0n) is 8.91. The summed E-state index contributed by atoms with van der Waals surface area (Å²) in [5, 5.41) is 0. The predicted molar refractivity (Wildman–Crippen MR) is 57.3 cm³/mol. The number of carbonyl (C=O) groups excluding carboxylic acids is 2. The molecule has 0 aromatic heterocycles. The molecule has 0 heterocycles. The number of esters is 1. The fraction of sp³-hybridized carbons (Fsp3) is 0.778. The number of ether oxygens (including phenoxy) is 1. The minimum Gasteiger partial charge on any atom is -0.465 e. The molecule has 14 heavy (non-hydrogen) atoms. The number of hydrogen-bond donors (Lipinski definition) is 0. The lowest BCUT2D eigenvalue weighted by molar-refractivity contribution is -0.148. The maximum atomic E-state index is 11.3. The highest BCUT2D eigenvalue weighted by Gasteiger charge is 2.12. The molecule has 5 heteroatoms. The van der Waals surface area contributed by atoms with Gasteiger partial charge in [-0.1, -0.05) is 0 Å². The molecule has 82 valence electrons. The van der Waals surface area contributed by atoms with Gasteiger partial charge in [0.25, 0.3) is 0 Å². The monoisotopic (exact) mass is 219 g/mol. The molecule has 0 bridgehead atoms. The molecule has 0 aromatic rings. The van der Waals surface area contributed by atoms with Crippen molar-refractivity contribution in [2.75, 3.05) is 32.2 Å². The number of nitrogens with zero attached hydrogens (tertiary/aromatic N) is 1. The molecule has 0 rings (SSSR count). The summed E-state index contributed by atoms with van der Waals surface area (Å²) in [7, 11) is 1.61. The molecule has 0 unspecified atom stereocenters. The van der Waals surface area contributed by atoms with E-state index in [1.54, 1.807) is 25.7 Å². The standard InChI is InChI=1S/C9H17NO3S/c1-4-13-9(12)7-10(2)8(11)5-6-14-3/h4-7H2,1-3H3. The van der Waals surface area contributed by atoms with Gasteiger partial charge in [-0.15, -0.1) is 0 Å². The van der Waals surface area contributed by atoms with E-state index in [0.717, 1.165) is 5.75 Å². The Hall–Kier alpha value is -0.710. The summed E-state index contributed by atoms with van der Waals surface area (Å²) in [4.78, 5) is 23.8. The maximum absolute atomic E-state index is 11.3. The van der Waals surface area contributed by atoms with Crippen molar-refractivity contribution in [1.29, 1.82) is 0 Å². The Morgan fingerprint density at radius 1 is 1.43 bits per heavy atom. The van der Waals surface area contributed by atoms with Crippen LogP contribution >= 0.6 is 11.8 Å². The summed E-state index contributed by atoms with van der Waals surface area (Å²) in [5.74, 6) is 0.409. The predicted octanol–water partition coefficient (Wildman–Crippen LogP) is 0.761. The van der Waals surface area contributed by atoms with E-state index in [0.29, 0.717) is 13.0 Å². The SMILES string of the molecule is CCOC(=O)CN(C)C(=O)CCSC. The third-order valence-corrected chi connectivity index (χ3v) is 2.23. The molecule has 0 aromatic carbocycles. The lowest BCUT2D eigenvalue weighted by Gasteiger charge is -2.15. The number of rotatable bonds is 6. The van der Waals surface area contributed by atoms with Gasteiger partial charge >= 0.3 is 5.97 Å². The summed E-state index contributed by atoms with van der Waals surface area (Å²) in [5.41, 5.74) is 0. The average Bonchev–Trinajstić information content (AvgIpc) is 2.14. The van der Waals surface area contributed by atoms with E-state index in [1.165, 1.54) is 4.90 Å². The minimum atomic E-state index is -0.354. The van der Waals surface area contributed by atoms with Crippen LogP contribution in [-0.4, -0.2) is 49.0 Å². The van der Waals surface area contributed by atoms with Crippen molar-refractivity contribution in [2.45, 2.75) is 13.3 Å². The van der Waals surface area contributed by atoms with Gasteiger partial charge in [-0.2, -0.15) is 11.8 Å². The number of likely N-dealkylation sites (N-methyl/N-ethyl adjacent to an activating group) is 1. The third-order valence-electron chi connectivity index (χ3n) is 1.62. The van der Waals surface area contributed by atoms with Gasteiger partial charge in [0.15, 0.2) is 0 Å². The van der Waals surface area contributed by atoms with Crippen LogP contribution in [0, 0.1) is 0 Å². The van der Waals surface area contributed by atoms with E-state index in [2.05, 4.69) is 0 Å². The minimum absolute atomic E-state index is 0.0209. The fourth-order valence-corrected chi connectivity index (χ4v) is 1.25. The molecule has 0 N–H and O–H groups in total. The number of carbonyl (C=O) groups is 2. The van der Waals surface area contributed by atoms with Crippen LogP contribution in [0.25, 0.3) is 0 Å². The normalized spacial score (nSPS) is 9.64. The Bertz CT molecular complexity index is 196. The third kappa shape index (κ3) is 5.85. The van der Waals surface area contributed by atoms with Gasteiger partial charge in [0.05, 0.1) is 6.61 Å². The molecular formula is C9H17NO3S. The first-order valence-electron chi connectivity index (χ1n) is 4.50. The van der Waals surface area contributed by atoms with Crippen LogP contribution in [0.3, 0.4) is 0 Å². The summed E-state index contributed by atoms with van der Waals surface area (Å²) in [6.07, 6.45) is 2.41. The van der Waals surface area contributed by atoms with Crippen molar-refractivity contribution in [2.24, 2.45) is 0 Å². The second-order valence-corrected chi connectivity index (χ2v) is 3.78. The van der Waals surface area contributed by atoms with E-state index in [4.69, 9.17) is 4.74 Å². The summed E-state index contributed by atoms with van der Waals surface area (Å²) >= 11 is 1.61.